The van der Waals surface area contributed by atoms with Crippen LogP contribution in [-0.2, 0) is 17.1 Å². The summed E-state index contributed by atoms with van der Waals surface area (Å²) >= 11 is 0. The molecule has 0 aliphatic heterocycles. The molecule has 3 heteroatoms. The smallest absolute Gasteiger partial charge is 0.112 e. The van der Waals surface area contributed by atoms with Gasteiger partial charge in [-0.2, -0.15) is 24.3 Å². The van der Waals surface area contributed by atoms with Crippen molar-refractivity contribution in [2.45, 2.75) is 13.8 Å². The fourth-order valence-electron chi connectivity index (χ4n) is 2.96. The van der Waals surface area contributed by atoms with Gasteiger partial charge in [0, 0.05) is 17.1 Å². The van der Waals surface area contributed by atoms with E-state index in [-0.39, 0.29) is 28.6 Å². The first-order valence-corrected chi connectivity index (χ1v) is 9.21. The predicted octanol–water partition coefficient (Wildman–Crippen LogP) is 5.89. The van der Waals surface area contributed by atoms with Crippen LogP contribution in [0.5, 0.6) is 0 Å². The zero-order valence-corrected chi connectivity index (χ0v) is 17.5. The Morgan fingerprint density at radius 3 is 1.69 bits per heavy atom. The number of benzene rings is 2. The third-order valence-corrected chi connectivity index (χ3v) is 4.41. The van der Waals surface area contributed by atoms with Crippen molar-refractivity contribution in [1.29, 1.82) is 0 Å². The number of carbonyl (C=O) groups is 2. The Bertz CT molecular complexity index is 970. The Labute approximate surface area is 182 Å². The molecular formula is C26H22FeO2-6. The summed E-state index contributed by atoms with van der Waals surface area (Å²) in [5.41, 5.74) is 5.27. The zero-order valence-electron chi connectivity index (χ0n) is 16.4. The van der Waals surface area contributed by atoms with Crippen LogP contribution in [0.3, 0.4) is 0 Å². The number of carbonyl (C=O) groups excluding carboxylic acids is 2. The summed E-state index contributed by atoms with van der Waals surface area (Å²) in [7, 11) is 0. The molecule has 0 amide bonds. The molecule has 0 fully saturated rings. The largest absolute Gasteiger partial charge is 0.644 e. The molecule has 152 valence electrons. The average molecular weight is 422 g/mol. The van der Waals surface area contributed by atoms with Crippen molar-refractivity contribution in [3.63, 3.8) is 0 Å². The van der Waals surface area contributed by atoms with Crippen LogP contribution >= 0.6 is 0 Å². The van der Waals surface area contributed by atoms with Gasteiger partial charge in [-0.25, -0.2) is 0 Å². The first-order valence-electron chi connectivity index (χ1n) is 9.21. The maximum absolute atomic E-state index is 11.9. The Morgan fingerprint density at radius 1 is 0.724 bits per heavy atom. The minimum Gasteiger partial charge on any atom is -0.644 e. The fourth-order valence-corrected chi connectivity index (χ4v) is 2.96. The molecule has 0 atom stereocenters. The molecule has 0 heterocycles. The van der Waals surface area contributed by atoms with Gasteiger partial charge < -0.3 is 50.8 Å². The third kappa shape index (κ3) is 5.99. The van der Waals surface area contributed by atoms with Crippen molar-refractivity contribution in [1.82, 2.24) is 0 Å². The Morgan fingerprint density at radius 2 is 1.21 bits per heavy atom. The summed E-state index contributed by atoms with van der Waals surface area (Å²) in [6.45, 7) is 3.98. The Kier molecular flexibility index (Phi) is 8.08. The van der Waals surface area contributed by atoms with E-state index in [1.54, 1.807) is 0 Å². The molecule has 0 radical (unpaired) electrons. The van der Waals surface area contributed by atoms with E-state index in [4.69, 9.17) is 0 Å². The molecule has 0 N–H and O–H groups in total. The number of aryl methyl sites for hydroxylation is 2. The van der Waals surface area contributed by atoms with E-state index >= 15 is 0 Å². The van der Waals surface area contributed by atoms with Crippen LogP contribution in [0.1, 0.15) is 43.0 Å². The summed E-state index contributed by atoms with van der Waals surface area (Å²) < 4.78 is 0. The van der Waals surface area contributed by atoms with Gasteiger partial charge in [0.25, 0.3) is 0 Å². The normalized spacial score (nSPS) is 9.72. The minimum absolute atomic E-state index is 0. The van der Waals surface area contributed by atoms with Crippen LogP contribution in [0.25, 0.3) is 0 Å². The second-order valence-electron chi connectivity index (χ2n) is 6.74. The van der Waals surface area contributed by atoms with Gasteiger partial charge in [-0.1, -0.05) is 53.1 Å². The zero-order chi connectivity index (χ0) is 19.9. The van der Waals surface area contributed by atoms with Crippen LogP contribution in [0.15, 0.2) is 97.1 Å². The van der Waals surface area contributed by atoms with E-state index in [9.17, 15) is 9.59 Å². The fraction of sp³-hybridized carbons (Fsp3) is 0.0769. The van der Waals surface area contributed by atoms with Crippen LogP contribution in [-0.4, -0.2) is 11.6 Å². The number of hydrogen-bond donors (Lipinski definition) is 0. The van der Waals surface area contributed by atoms with Gasteiger partial charge >= 0.3 is 0 Å². The van der Waals surface area contributed by atoms with E-state index in [0.29, 0.717) is 0 Å². The summed E-state index contributed by atoms with van der Waals surface area (Å²) in [5.74, 6) is 0.192. The Balaban J connectivity index is 0.000000200. The van der Waals surface area contributed by atoms with Gasteiger partial charge in [0.1, 0.15) is 5.78 Å². The number of hydrogen-bond acceptors (Lipinski definition) is 2. The monoisotopic (exact) mass is 422 g/mol. The van der Waals surface area contributed by atoms with Gasteiger partial charge in [-0.3, -0.25) is 0 Å². The first kappa shape index (κ1) is 22.3. The number of ketones is 2. The number of rotatable bonds is 4. The summed E-state index contributed by atoms with van der Waals surface area (Å²) in [6.07, 6.45) is 0. The third-order valence-electron chi connectivity index (χ3n) is 4.41. The summed E-state index contributed by atoms with van der Waals surface area (Å²) in [6, 6.07) is 30.2. The minimum atomic E-state index is 0. The predicted molar refractivity (Wildman–Crippen MR) is 113 cm³/mol. The molecule has 4 aromatic rings. The van der Waals surface area contributed by atoms with Crippen molar-refractivity contribution in [3.8, 4) is 0 Å². The van der Waals surface area contributed by atoms with E-state index in [1.165, 1.54) is 0 Å². The summed E-state index contributed by atoms with van der Waals surface area (Å²) in [4.78, 5) is 23.7. The molecule has 2 nitrogen and oxygen atoms in total. The van der Waals surface area contributed by atoms with Crippen molar-refractivity contribution in [2.75, 3.05) is 0 Å². The van der Waals surface area contributed by atoms with E-state index in [0.717, 1.165) is 33.4 Å². The SMILES string of the molecule is Cc1cccc(C(=O)[c-]2[cH-][cH-][cH-][cH-]2)c1.Cc1cccc(C(=O)[c-]2cccc2)c1.[Fe]. The van der Waals surface area contributed by atoms with Gasteiger partial charge in [0.2, 0.25) is 0 Å². The van der Waals surface area contributed by atoms with Gasteiger partial charge in [0.05, 0.1) is 0 Å². The van der Waals surface area contributed by atoms with Crippen molar-refractivity contribution < 1.29 is 26.7 Å². The molecule has 0 aromatic heterocycles. The summed E-state index contributed by atoms with van der Waals surface area (Å²) in [5, 5.41) is 0. The second-order valence-corrected chi connectivity index (χ2v) is 6.74. The average Bonchev–Trinajstić information content (AvgIpc) is 3.41. The topological polar surface area (TPSA) is 34.1 Å². The standard InChI is InChI=1S/2C13H11O.Fe/c2*1-10-5-4-8-12(9-10)13(14)11-6-2-3-7-11;/h2*2-9H,1H3;/q-5;-1;. The van der Waals surface area contributed by atoms with Crippen molar-refractivity contribution in [3.05, 3.63) is 130 Å². The molecule has 4 rings (SSSR count). The van der Waals surface area contributed by atoms with Gasteiger partial charge in [-0.15, -0.1) is 12.1 Å². The van der Waals surface area contributed by atoms with E-state index in [2.05, 4.69) is 0 Å². The molecule has 0 bridgehead atoms. The maximum Gasteiger partial charge on any atom is 0.112 e. The van der Waals surface area contributed by atoms with Crippen LogP contribution in [0.2, 0.25) is 0 Å². The van der Waals surface area contributed by atoms with Gasteiger partial charge in [0.15, 0.2) is 0 Å². The molecule has 0 spiro atoms. The quantitative estimate of drug-likeness (QED) is 0.234. The maximum atomic E-state index is 11.9. The first-order chi connectivity index (χ1) is 13.5. The van der Waals surface area contributed by atoms with Crippen LogP contribution in [0.4, 0.5) is 0 Å². The molecule has 0 aliphatic rings. The Hall–Kier alpha value is -3.00. The van der Waals surface area contributed by atoms with Crippen molar-refractivity contribution >= 4 is 11.6 Å². The van der Waals surface area contributed by atoms with Gasteiger partial charge in [-0.05, 0) is 19.4 Å². The molecule has 0 saturated carbocycles. The molecule has 0 saturated heterocycles. The molecule has 0 aliphatic carbocycles. The van der Waals surface area contributed by atoms with Crippen LogP contribution < -0.4 is 0 Å². The van der Waals surface area contributed by atoms with E-state index in [1.807, 2.05) is 111 Å². The van der Waals surface area contributed by atoms with Crippen molar-refractivity contribution in [2.24, 2.45) is 0 Å². The van der Waals surface area contributed by atoms with Crippen LogP contribution in [0, 0.1) is 13.8 Å². The molecule has 4 aromatic carbocycles. The molecular weight excluding hydrogens is 400 g/mol. The molecule has 29 heavy (non-hydrogen) atoms. The molecule has 0 unspecified atom stereocenters. The van der Waals surface area contributed by atoms with E-state index < -0.39 is 0 Å². The second kappa shape index (κ2) is 10.5.